The molecule has 0 heterocycles. The van der Waals surface area contributed by atoms with E-state index in [0.29, 0.717) is 5.41 Å². The Hall–Kier alpha value is 0. The first-order valence-corrected chi connectivity index (χ1v) is 5.14. The van der Waals surface area contributed by atoms with Crippen LogP contribution in [0, 0.1) is 10.8 Å². The van der Waals surface area contributed by atoms with E-state index in [2.05, 4.69) is 27.7 Å². The lowest BCUT2D eigenvalue weighted by atomic mass is 9.69. The summed E-state index contributed by atoms with van der Waals surface area (Å²) in [6.45, 7) is 9.53. The number of hydrogen-bond donors (Lipinski definition) is 0. The van der Waals surface area contributed by atoms with Gasteiger partial charge in [0.25, 0.3) is 0 Å². The predicted octanol–water partition coefficient (Wildman–Crippen LogP) is 4.00. The van der Waals surface area contributed by atoms with E-state index in [1.54, 1.807) is 0 Å². The lowest BCUT2D eigenvalue weighted by molar-refractivity contribution is 0.139. The van der Waals surface area contributed by atoms with Gasteiger partial charge in [-0.05, 0) is 30.1 Å². The Morgan fingerprint density at radius 3 is 1.64 bits per heavy atom. The molecule has 66 valence electrons. The molecule has 0 aromatic carbocycles. The molecule has 0 N–H and O–H groups in total. The highest BCUT2D eigenvalue weighted by Crippen LogP contribution is 2.63. The first-order chi connectivity index (χ1) is 5.14. The molecule has 0 spiro atoms. The van der Waals surface area contributed by atoms with E-state index in [1.165, 1.54) is 32.1 Å². The minimum atomic E-state index is 0.641. The van der Waals surface area contributed by atoms with Crippen molar-refractivity contribution in [3.8, 4) is 0 Å². The van der Waals surface area contributed by atoms with E-state index >= 15 is 0 Å². The minimum Gasteiger partial charge on any atom is -0.0648 e. The summed E-state index contributed by atoms with van der Waals surface area (Å²) in [6.07, 6.45) is 7.09. The Labute approximate surface area is 71.4 Å². The number of hydrogen-bond acceptors (Lipinski definition) is 0. The maximum absolute atomic E-state index is 2.48. The Morgan fingerprint density at radius 2 is 1.55 bits per heavy atom. The second-order valence-corrected chi connectivity index (χ2v) is 4.40. The average molecular weight is 154 g/mol. The molecule has 0 atom stereocenters. The van der Waals surface area contributed by atoms with Crippen molar-refractivity contribution in [1.82, 2.24) is 0 Å². The zero-order chi connectivity index (χ0) is 8.54. The van der Waals surface area contributed by atoms with Gasteiger partial charge in [0.05, 0.1) is 0 Å². The van der Waals surface area contributed by atoms with Crippen molar-refractivity contribution >= 4 is 0 Å². The third-order valence-electron chi connectivity index (χ3n) is 4.37. The summed E-state index contributed by atoms with van der Waals surface area (Å²) >= 11 is 0. The molecule has 0 aromatic heterocycles. The molecular weight excluding hydrogens is 132 g/mol. The maximum atomic E-state index is 2.48. The normalized spacial score (nSPS) is 21.8. The van der Waals surface area contributed by atoms with Crippen LogP contribution in [0.25, 0.3) is 0 Å². The Morgan fingerprint density at radius 1 is 1.09 bits per heavy atom. The van der Waals surface area contributed by atoms with E-state index in [0.717, 1.165) is 5.41 Å². The summed E-state index contributed by atoms with van der Waals surface area (Å²) in [7, 11) is 0. The molecule has 0 aliphatic heterocycles. The Bertz CT molecular complexity index is 127. The van der Waals surface area contributed by atoms with Crippen LogP contribution in [0.2, 0.25) is 0 Å². The quantitative estimate of drug-likeness (QED) is 0.574. The summed E-state index contributed by atoms with van der Waals surface area (Å²) in [6, 6.07) is 0. The van der Waals surface area contributed by atoms with Crippen LogP contribution in [0.4, 0.5) is 0 Å². The van der Waals surface area contributed by atoms with Gasteiger partial charge < -0.3 is 0 Å². The van der Waals surface area contributed by atoms with Crippen molar-refractivity contribution in [2.24, 2.45) is 10.8 Å². The zero-order valence-corrected chi connectivity index (χ0v) is 8.54. The van der Waals surface area contributed by atoms with E-state index in [9.17, 15) is 0 Å². The van der Waals surface area contributed by atoms with Crippen LogP contribution in [0.1, 0.15) is 59.8 Å². The highest BCUT2D eigenvalue weighted by atomic mass is 14.6. The van der Waals surface area contributed by atoms with Gasteiger partial charge in [-0.3, -0.25) is 0 Å². The third kappa shape index (κ3) is 1.21. The molecule has 1 saturated carbocycles. The standard InChI is InChI=1S/C11H22/c1-5-10(4,6-2)11(7-3)8-9-11/h5-9H2,1-4H3. The molecule has 0 radical (unpaired) electrons. The van der Waals surface area contributed by atoms with Crippen molar-refractivity contribution in [1.29, 1.82) is 0 Å². The molecule has 0 unspecified atom stereocenters. The fraction of sp³-hybridized carbons (Fsp3) is 1.00. The first-order valence-electron chi connectivity index (χ1n) is 5.14. The molecule has 0 aromatic rings. The summed E-state index contributed by atoms with van der Waals surface area (Å²) in [4.78, 5) is 0. The summed E-state index contributed by atoms with van der Waals surface area (Å²) in [5, 5.41) is 0. The lowest BCUT2D eigenvalue weighted by Gasteiger charge is -2.36. The van der Waals surface area contributed by atoms with Gasteiger partial charge in [0, 0.05) is 0 Å². The molecule has 0 amide bonds. The van der Waals surface area contributed by atoms with Crippen LogP contribution in [-0.4, -0.2) is 0 Å². The molecule has 1 aliphatic carbocycles. The fourth-order valence-electron chi connectivity index (χ4n) is 2.53. The van der Waals surface area contributed by atoms with Gasteiger partial charge in [0.15, 0.2) is 0 Å². The topological polar surface area (TPSA) is 0 Å². The first kappa shape index (κ1) is 9.09. The largest absolute Gasteiger partial charge is 0.0648 e. The Balaban J connectivity index is 2.68. The molecule has 11 heavy (non-hydrogen) atoms. The second-order valence-electron chi connectivity index (χ2n) is 4.40. The van der Waals surface area contributed by atoms with Crippen molar-refractivity contribution in [2.45, 2.75) is 59.8 Å². The third-order valence-corrected chi connectivity index (χ3v) is 4.37. The van der Waals surface area contributed by atoms with Crippen molar-refractivity contribution in [3.63, 3.8) is 0 Å². The van der Waals surface area contributed by atoms with Crippen molar-refractivity contribution in [2.75, 3.05) is 0 Å². The van der Waals surface area contributed by atoms with E-state index < -0.39 is 0 Å². The van der Waals surface area contributed by atoms with E-state index in [4.69, 9.17) is 0 Å². The fourth-order valence-corrected chi connectivity index (χ4v) is 2.53. The zero-order valence-electron chi connectivity index (χ0n) is 8.54. The molecule has 0 bridgehead atoms. The number of rotatable bonds is 4. The molecule has 0 nitrogen and oxygen atoms in total. The van der Waals surface area contributed by atoms with Crippen LogP contribution in [0.3, 0.4) is 0 Å². The molecule has 1 aliphatic rings. The van der Waals surface area contributed by atoms with Gasteiger partial charge in [0.1, 0.15) is 0 Å². The van der Waals surface area contributed by atoms with Crippen molar-refractivity contribution in [3.05, 3.63) is 0 Å². The molecular formula is C11H22. The second kappa shape index (κ2) is 2.80. The van der Waals surface area contributed by atoms with Crippen LogP contribution in [0.15, 0.2) is 0 Å². The molecule has 0 heteroatoms. The van der Waals surface area contributed by atoms with E-state index in [1.807, 2.05) is 0 Å². The summed E-state index contributed by atoms with van der Waals surface area (Å²) < 4.78 is 0. The molecule has 1 rings (SSSR count). The highest BCUT2D eigenvalue weighted by molar-refractivity contribution is 5.03. The highest BCUT2D eigenvalue weighted by Gasteiger charge is 2.52. The van der Waals surface area contributed by atoms with Crippen LogP contribution >= 0.6 is 0 Å². The van der Waals surface area contributed by atoms with Gasteiger partial charge >= 0.3 is 0 Å². The Kier molecular flexibility index (Phi) is 2.32. The van der Waals surface area contributed by atoms with Crippen LogP contribution in [-0.2, 0) is 0 Å². The minimum absolute atomic E-state index is 0.641. The van der Waals surface area contributed by atoms with Gasteiger partial charge in [0.2, 0.25) is 0 Å². The SMILES string of the molecule is CCC(C)(CC)C1(CC)CC1. The predicted molar refractivity (Wildman–Crippen MR) is 50.6 cm³/mol. The molecule has 0 saturated heterocycles. The monoisotopic (exact) mass is 154 g/mol. The van der Waals surface area contributed by atoms with Gasteiger partial charge in [-0.2, -0.15) is 0 Å². The summed E-state index contributed by atoms with van der Waals surface area (Å²) in [5.74, 6) is 0. The van der Waals surface area contributed by atoms with Gasteiger partial charge in [-0.15, -0.1) is 0 Å². The van der Waals surface area contributed by atoms with Crippen molar-refractivity contribution < 1.29 is 0 Å². The summed E-state index contributed by atoms with van der Waals surface area (Å²) in [5.41, 5.74) is 1.39. The van der Waals surface area contributed by atoms with E-state index in [-0.39, 0.29) is 0 Å². The lowest BCUT2D eigenvalue weighted by Crippen LogP contribution is -2.26. The van der Waals surface area contributed by atoms with Gasteiger partial charge in [-0.1, -0.05) is 40.5 Å². The maximum Gasteiger partial charge on any atom is -0.0246 e. The molecule has 1 fully saturated rings. The average Bonchev–Trinajstić information content (AvgIpc) is 2.83. The van der Waals surface area contributed by atoms with Crippen LogP contribution < -0.4 is 0 Å². The van der Waals surface area contributed by atoms with Gasteiger partial charge in [-0.25, -0.2) is 0 Å². The van der Waals surface area contributed by atoms with Crippen LogP contribution in [0.5, 0.6) is 0 Å². The smallest absolute Gasteiger partial charge is 0.0246 e.